The van der Waals surface area contributed by atoms with Crippen molar-refractivity contribution >= 4 is 23.5 Å². The van der Waals surface area contributed by atoms with E-state index in [0.29, 0.717) is 19.0 Å². The van der Waals surface area contributed by atoms with Crippen molar-refractivity contribution in [2.24, 2.45) is 0 Å². The summed E-state index contributed by atoms with van der Waals surface area (Å²) in [5.41, 5.74) is 4.38. The summed E-state index contributed by atoms with van der Waals surface area (Å²) in [6.45, 7) is 6.02. The molecule has 1 unspecified atom stereocenters. The number of alkyl carbamates (subject to hydrolysis) is 1. The number of ether oxygens (including phenoxy) is 2. The predicted octanol–water partition coefficient (Wildman–Crippen LogP) is 4.37. The Labute approximate surface area is 218 Å². The Bertz CT molecular complexity index is 1160. The lowest BCUT2D eigenvalue weighted by molar-refractivity contribution is 0.0199. The van der Waals surface area contributed by atoms with Crippen molar-refractivity contribution in [2.75, 3.05) is 55.5 Å². The highest BCUT2D eigenvalue weighted by Gasteiger charge is 2.21. The molecule has 1 aliphatic heterocycles. The van der Waals surface area contributed by atoms with Crippen LogP contribution >= 0.6 is 0 Å². The minimum absolute atomic E-state index is 0.184. The van der Waals surface area contributed by atoms with Crippen LogP contribution in [0.25, 0.3) is 0 Å². The van der Waals surface area contributed by atoms with Gasteiger partial charge in [0.05, 0.1) is 19.3 Å². The molecule has 2 heterocycles. The van der Waals surface area contributed by atoms with Gasteiger partial charge in [-0.2, -0.15) is 4.98 Å². The maximum absolute atomic E-state index is 11.5. The van der Waals surface area contributed by atoms with E-state index in [-0.39, 0.29) is 12.7 Å². The van der Waals surface area contributed by atoms with Gasteiger partial charge in [0, 0.05) is 64.1 Å². The molecule has 9 heteroatoms. The van der Waals surface area contributed by atoms with Crippen LogP contribution in [0.1, 0.15) is 36.1 Å². The lowest BCUT2D eigenvalue weighted by Crippen LogP contribution is -2.29. The molecule has 37 heavy (non-hydrogen) atoms. The van der Waals surface area contributed by atoms with Crippen molar-refractivity contribution in [2.45, 2.75) is 32.6 Å². The molecule has 3 aromatic rings. The molecule has 0 aliphatic carbocycles. The summed E-state index contributed by atoms with van der Waals surface area (Å²) in [7, 11) is 3.63. The van der Waals surface area contributed by atoms with Crippen LogP contribution < -0.4 is 20.4 Å². The molecule has 4 rings (SSSR count). The van der Waals surface area contributed by atoms with Gasteiger partial charge in [-0.1, -0.05) is 42.5 Å². The fourth-order valence-electron chi connectivity index (χ4n) is 4.35. The maximum atomic E-state index is 11.5. The third-order valence-electron chi connectivity index (χ3n) is 6.32. The lowest BCUT2D eigenvalue weighted by atomic mass is 10.1. The number of benzene rings is 2. The van der Waals surface area contributed by atoms with Crippen molar-refractivity contribution in [3.8, 4) is 0 Å². The molecule has 9 nitrogen and oxygen atoms in total. The van der Waals surface area contributed by atoms with E-state index < -0.39 is 6.09 Å². The predicted molar refractivity (Wildman–Crippen MR) is 146 cm³/mol. The normalized spacial score (nSPS) is 13.9. The smallest absolute Gasteiger partial charge is 0.406 e. The van der Waals surface area contributed by atoms with E-state index in [2.05, 4.69) is 56.7 Å². The summed E-state index contributed by atoms with van der Waals surface area (Å²) in [6, 6.07) is 18.5. The van der Waals surface area contributed by atoms with Gasteiger partial charge in [-0.25, -0.2) is 9.78 Å². The highest BCUT2D eigenvalue weighted by atomic mass is 16.5. The summed E-state index contributed by atoms with van der Waals surface area (Å²) >= 11 is 0. The minimum atomic E-state index is -0.438. The summed E-state index contributed by atoms with van der Waals surface area (Å²) in [5.74, 6) is 1.63. The van der Waals surface area contributed by atoms with Crippen molar-refractivity contribution in [1.82, 2.24) is 15.3 Å². The first-order valence-corrected chi connectivity index (χ1v) is 12.7. The zero-order valence-corrected chi connectivity index (χ0v) is 21.8. The standard InChI is InChI=1S/C28H36N6O3/c1-4-30-27-31-18-23-19-34(15-14-33(3)26(23)32-27)24-12-8-9-21(17-24)20-37-25(13-16-36-28(35)29-2)22-10-6-5-7-11-22/h5-12,17-18,25H,4,13-16,19-20H2,1-3H3,(H,29,35)(H,30,31,32). The summed E-state index contributed by atoms with van der Waals surface area (Å²) in [5, 5.41) is 5.68. The Morgan fingerprint density at radius 3 is 2.76 bits per heavy atom. The Hall–Kier alpha value is -3.85. The maximum Gasteiger partial charge on any atom is 0.406 e. The minimum Gasteiger partial charge on any atom is -0.449 e. The van der Waals surface area contributed by atoms with Crippen LogP contribution in [0.2, 0.25) is 0 Å². The van der Waals surface area contributed by atoms with Gasteiger partial charge in [0.2, 0.25) is 5.95 Å². The number of anilines is 3. The third kappa shape index (κ3) is 7.10. The monoisotopic (exact) mass is 504 g/mol. The van der Waals surface area contributed by atoms with Gasteiger partial charge in [-0.15, -0.1) is 0 Å². The fourth-order valence-corrected chi connectivity index (χ4v) is 4.35. The number of nitrogens with one attached hydrogen (secondary N) is 2. The number of hydrogen-bond donors (Lipinski definition) is 2. The molecule has 0 bridgehead atoms. The van der Waals surface area contributed by atoms with Gasteiger partial charge >= 0.3 is 6.09 Å². The lowest BCUT2D eigenvalue weighted by Gasteiger charge is -2.24. The number of rotatable bonds is 10. The van der Waals surface area contributed by atoms with Crippen molar-refractivity contribution in [1.29, 1.82) is 0 Å². The summed E-state index contributed by atoms with van der Waals surface area (Å²) < 4.78 is 11.5. The first-order chi connectivity index (χ1) is 18.1. The molecule has 2 aromatic carbocycles. The van der Waals surface area contributed by atoms with E-state index in [1.54, 1.807) is 7.05 Å². The second-order valence-corrected chi connectivity index (χ2v) is 8.97. The van der Waals surface area contributed by atoms with Gasteiger partial charge in [-0.3, -0.25) is 0 Å². The zero-order valence-electron chi connectivity index (χ0n) is 21.8. The number of nitrogens with zero attached hydrogens (tertiary/aromatic N) is 4. The van der Waals surface area contributed by atoms with E-state index in [1.165, 1.54) is 0 Å². The zero-order chi connectivity index (χ0) is 26.0. The molecule has 1 amide bonds. The fraction of sp³-hybridized carbons (Fsp3) is 0.393. The number of carbonyl (C=O) groups excluding carboxylic acids is 1. The van der Waals surface area contributed by atoms with Gasteiger partial charge < -0.3 is 29.9 Å². The quantitative estimate of drug-likeness (QED) is 0.421. The van der Waals surface area contributed by atoms with Gasteiger partial charge in [0.15, 0.2) is 0 Å². The Morgan fingerprint density at radius 2 is 1.97 bits per heavy atom. The number of hydrogen-bond acceptors (Lipinski definition) is 8. The van der Waals surface area contributed by atoms with Crippen LogP contribution in [0.5, 0.6) is 0 Å². The molecule has 196 valence electrons. The average Bonchev–Trinajstić information content (AvgIpc) is 3.10. The topological polar surface area (TPSA) is 91.9 Å². The number of amides is 1. The van der Waals surface area contributed by atoms with E-state index in [4.69, 9.17) is 14.5 Å². The Morgan fingerprint density at radius 1 is 1.14 bits per heavy atom. The van der Waals surface area contributed by atoms with Gasteiger partial charge in [0.25, 0.3) is 0 Å². The highest BCUT2D eigenvalue weighted by molar-refractivity contribution is 5.66. The van der Waals surface area contributed by atoms with Crippen LogP contribution in [0.15, 0.2) is 60.8 Å². The molecule has 0 radical (unpaired) electrons. The molecule has 0 spiro atoms. The van der Waals surface area contributed by atoms with Crippen molar-refractivity contribution in [3.05, 3.63) is 77.5 Å². The molecular formula is C28H36N6O3. The molecule has 2 N–H and O–H groups in total. The van der Waals surface area contributed by atoms with Crippen molar-refractivity contribution in [3.63, 3.8) is 0 Å². The van der Waals surface area contributed by atoms with Gasteiger partial charge in [-0.05, 0) is 30.2 Å². The van der Waals surface area contributed by atoms with Crippen LogP contribution in [-0.2, 0) is 22.6 Å². The summed E-state index contributed by atoms with van der Waals surface area (Å²) in [6.07, 6.45) is 1.87. The van der Waals surface area contributed by atoms with Crippen LogP contribution in [0.3, 0.4) is 0 Å². The largest absolute Gasteiger partial charge is 0.449 e. The Balaban J connectivity index is 1.45. The molecule has 0 saturated carbocycles. The molecule has 1 atom stereocenters. The SMILES string of the molecule is CCNc1ncc2c(n1)N(C)CCN(c1cccc(COC(CCOC(=O)NC)c3ccccc3)c1)C2. The van der Waals surface area contributed by atoms with Gasteiger partial charge in [0.1, 0.15) is 5.82 Å². The summed E-state index contributed by atoms with van der Waals surface area (Å²) in [4.78, 5) is 25.2. The molecular weight excluding hydrogens is 468 g/mol. The number of carbonyl (C=O) groups is 1. The van der Waals surface area contributed by atoms with E-state index in [9.17, 15) is 4.79 Å². The van der Waals surface area contributed by atoms with Crippen LogP contribution in [0, 0.1) is 0 Å². The molecule has 1 aliphatic rings. The molecule has 0 saturated heterocycles. The van der Waals surface area contributed by atoms with E-state index in [1.807, 2.05) is 43.5 Å². The third-order valence-corrected chi connectivity index (χ3v) is 6.32. The molecule has 1 aromatic heterocycles. The second kappa shape index (κ2) is 12.9. The number of likely N-dealkylation sites (N-methyl/N-ethyl adjacent to an activating group) is 1. The Kier molecular flexibility index (Phi) is 9.15. The van der Waals surface area contributed by atoms with Crippen LogP contribution in [0.4, 0.5) is 22.2 Å². The second-order valence-electron chi connectivity index (χ2n) is 8.97. The van der Waals surface area contributed by atoms with Crippen LogP contribution in [-0.4, -0.2) is 56.4 Å². The molecule has 0 fully saturated rings. The first kappa shape index (κ1) is 26.2. The van der Waals surface area contributed by atoms with E-state index in [0.717, 1.165) is 54.4 Å². The average molecular weight is 505 g/mol. The van der Waals surface area contributed by atoms with Crippen molar-refractivity contribution < 1.29 is 14.3 Å². The first-order valence-electron chi connectivity index (χ1n) is 12.7. The van der Waals surface area contributed by atoms with E-state index >= 15 is 0 Å². The number of fused-ring (bicyclic) bond motifs is 1. The highest BCUT2D eigenvalue weighted by Crippen LogP contribution is 2.28. The number of aromatic nitrogens is 2.